The number of carbonyl (C=O) groups is 1. The fourth-order valence-electron chi connectivity index (χ4n) is 3.96. The maximum absolute atomic E-state index is 12.5. The molecule has 1 fully saturated rings. The third-order valence-electron chi connectivity index (χ3n) is 5.45. The molecule has 0 radical (unpaired) electrons. The van der Waals surface area contributed by atoms with E-state index in [1.807, 2.05) is 17.0 Å². The van der Waals surface area contributed by atoms with Crippen molar-refractivity contribution >= 4 is 11.7 Å². The van der Waals surface area contributed by atoms with Crippen LogP contribution in [0.15, 0.2) is 30.9 Å². The first-order valence-corrected chi connectivity index (χ1v) is 9.81. The van der Waals surface area contributed by atoms with Gasteiger partial charge in [0.2, 0.25) is 5.91 Å². The van der Waals surface area contributed by atoms with Crippen LogP contribution in [0.2, 0.25) is 0 Å². The molecule has 0 N–H and O–H groups in total. The second-order valence-corrected chi connectivity index (χ2v) is 7.27. The van der Waals surface area contributed by atoms with Crippen LogP contribution in [-0.2, 0) is 24.2 Å². The number of piperazine rings is 1. The highest BCUT2D eigenvalue weighted by molar-refractivity contribution is 5.76. The summed E-state index contributed by atoms with van der Waals surface area (Å²) in [6.45, 7) is 2.97. The third kappa shape index (κ3) is 3.53. The molecule has 0 unspecified atom stereocenters. The molecule has 1 saturated heterocycles. The summed E-state index contributed by atoms with van der Waals surface area (Å²) in [5, 5.41) is 10.9. The molecule has 10 heteroatoms. The van der Waals surface area contributed by atoms with Gasteiger partial charge in [0.05, 0.1) is 0 Å². The van der Waals surface area contributed by atoms with Crippen LogP contribution in [0.4, 0.5) is 5.82 Å². The zero-order chi connectivity index (χ0) is 19.6. The number of amides is 1. The SMILES string of the molecule is O=C(Cn1cnnn1)N1CCN(c2nc(-c3cccnc3)nc3c2CCC3)CC1. The average Bonchev–Trinajstić information content (AvgIpc) is 3.45. The number of tetrazole rings is 1. The van der Waals surface area contributed by atoms with Crippen molar-refractivity contribution in [3.8, 4) is 11.4 Å². The van der Waals surface area contributed by atoms with Crippen molar-refractivity contribution in [1.82, 2.24) is 40.1 Å². The number of fused-ring (bicyclic) bond motifs is 1. The fraction of sp³-hybridized carbons (Fsp3) is 0.421. The van der Waals surface area contributed by atoms with Gasteiger partial charge < -0.3 is 9.80 Å². The summed E-state index contributed by atoms with van der Waals surface area (Å²) >= 11 is 0. The van der Waals surface area contributed by atoms with Gasteiger partial charge in [0.1, 0.15) is 18.7 Å². The molecule has 1 amide bonds. The Morgan fingerprint density at radius 3 is 2.76 bits per heavy atom. The van der Waals surface area contributed by atoms with Gasteiger partial charge in [-0.05, 0) is 41.8 Å². The summed E-state index contributed by atoms with van der Waals surface area (Å²) in [4.78, 5) is 30.6. The zero-order valence-corrected chi connectivity index (χ0v) is 16.0. The van der Waals surface area contributed by atoms with E-state index >= 15 is 0 Å². The van der Waals surface area contributed by atoms with Crippen LogP contribution in [0.1, 0.15) is 17.7 Å². The van der Waals surface area contributed by atoms with E-state index in [4.69, 9.17) is 9.97 Å². The highest BCUT2D eigenvalue weighted by Gasteiger charge is 2.27. The Hall–Kier alpha value is -3.43. The summed E-state index contributed by atoms with van der Waals surface area (Å²) in [6.07, 6.45) is 8.12. The number of carbonyl (C=O) groups excluding carboxylic acids is 1. The topological polar surface area (TPSA) is 106 Å². The second kappa shape index (κ2) is 7.53. The summed E-state index contributed by atoms with van der Waals surface area (Å²) < 4.78 is 1.45. The third-order valence-corrected chi connectivity index (χ3v) is 5.45. The van der Waals surface area contributed by atoms with Gasteiger partial charge in [-0.15, -0.1) is 5.10 Å². The molecule has 10 nitrogen and oxygen atoms in total. The molecule has 3 aromatic rings. The van der Waals surface area contributed by atoms with E-state index in [0.29, 0.717) is 13.1 Å². The van der Waals surface area contributed by atoms with Crippen LogP contribution < -0.4 is 4.90 Å². The minimum absolute atomic E-state index is 0.0286. The molecule has 0 bridgehead atoms. The smallest absolute Gasteiger partial charge is 0.244 e. The van der Waals surface area contributed by atoms with E-state index < -0.39 is 0 Å². The summed E-state index contributed by atoms with van der Waals surface area (Å²) in [5.74, 6) is 1.77. The number of hydrogen-bond acceptors (Lipinski definition) is 8. The van der Waals surface area contributed by atoms with Crippen LogP contribution in [0.5, 0.6) is 0 Å². The lowest BCUT2D eigenvalue weighted by Gasteiger charge is -2.36. The fourth-order valence-corrected chi connectivity index (χ4v) is 3.96. The molecule has 2 aliphatic rings. The molecule has 4 heterocycles. The van der Waals surface area contributed by atoms with E-state index in [9.17, 15) is 4.79 Å². The van der Waals surface area contributed by atoms with Gasteiger partial charge in [-0.25, -0.2) is 14.6 Å². The first-order chi connectivity index (χ1) is 14.3. The standard InChI is InChI=1S/C19H21N9O/c29-17(12-28-13-21-24-25-28)26-7-9-27(10-8-26)19-15-4-1-5-16(15)22-18(23-19)14-3-2-6-20-11-14/h2-3,6,11,13H,1,4-5,7-10,12H2. The summed E-state index contributed by atoms with van der Waals surface area (Å²) in [5.41, 5.74) is 3.33. The van der Waals surface area contributed by atoms with E-state index in [1.165, 1.54) is 16.6 Å². The van der Waals surface area contributed by atoms with Gasteiger partial charge in [-0.3, -0.25) is 9.78 Å². The number of anilines is 1. The predicted molar refractivity (Wildman–Crippen MR) is 104 cm³/mol. The maximum Gasteiger partial charge on any atom is 0.244 e. The zero-order valence-electron chi connectivity index (χ0n) is 16.0. The molecular weight excluding hydrogens is 370 g/mol. The van der Waals surface area contributed by atoms with Gasteiger partial charge in [0, 0.05) is 55.4 Å². The van der Waals surface area contributed by atoms with E-state index in [2.05, 4.69) is 25.4 Å². The molecule has 0 saturated carbocycles. The molecule has 0 spiro atoms. The van der Waals surface area contributed by atoms with Gasteiger partial charge >= 0.3 is 0 Å². The van der Waals surface area contributed by atoms with E-state index in [-0.39, 0.29) is 12.5 Å². The Labute approximate surface area is 167 Å². The number of pyridine rings is 1. The number of aromatic nitrogens is 7. The van der Waals surface area contributed by atoms with Gasteiger partial charge in [0.15, 0.2) is 5.82 Å². The molecule has 148 valence electrons. The Morgan fingerprint density at radius 1 is 1.10 bits per heavy atom. The molecule has 5 rings (SSSR count). The molecule has 3 aromatic heterocycles. The first kappa shape index (κ1) is 17.7. The molecule has 1 aliphatic carbocycles. The molecular formula is C19H21N9O. The Morgan fingerprint density at radius 2 is 2.00 bits per heavy atom. The van der Waals surface area contributed by atoms with Crippen molar-refractivity contribution < 1.29 is 4.79 Å². The lowest BCUT2D eigenvalue weighted by atomic mass is 10.2. The minimum atomic E-state index is 0.0286. The van der Waals surface area contributed by atoms with Crippen molar-refractivity contribution in [3.63, 3.8) is 0 Å². The van der Waals surface area contributed by atoms with E-state index in [0.717, 1.165) is 55.3 Å². The highest BCUT2D eigenvalue weighted by atomic mass is 16.2. The first-order valence-electron chi connectivity index (χ1n) is 9.81. The van der Waals surface area contributed by atoms with Crippen LogP contribution in [0, 0.1) is 0 Å². The van der Waals surface area contributed by atoms with Crippen LogP contribution in [-0.4, -0.2) is 72.1 Å². The monoisotopic (exact) mass is 391 g/mol. The van der Waals surface area contributed by atoms with Crippen LogP contribution >= 0.6 is 0 Å². The van der Waals surface area contributed by atoms with Gasteiger partial charge in [-0.1, -0.05) is 0 Å². The Balaban J connectivity index is 1.34. The van der Waals surface area contributed by atoms with Crippen LogP contribution in [0.25, 0.3) is 11.4 Å². The van der Waals surface area contributed by atoms with Gasteiger partial charge in [-0.2, -0.15) is 0 Å². The van der Waals surface area contributed by atoms with Crippen molar-refractivity contribution in [1.29, 1.82) is 0 Å². The molecule has 0 aromatic carbocycles. The Bertz CT molecular complexity index is 998. The quantitative estimate of drug-likeness (QED) is 0.628. The number of nitrogens with zero attached hydrogens (tertiary/aromatic N) is 9. The van der Waals surface area contributed by atoms with Crippen molar-refractivity contribution in [2.24, 2.45) is 0 Å². The lowest BCUT2D eigenvalue weighted by molar-refractivity contribution is -0.132. The molecule has 29 heavy (non-hydrogen) atoms. The Kier molecular flexibility index (Phi) is 4.59. The number of hydrogen-bond donors (Lipinski definition) is 0. The number of aryl methyl sites for hydroxylation is 1. The van der Waals surface area contributed by atoms with E-state index in [1.54, 1.807) is 12.4 Å². The number of rotatable bonds is 4. The minimum Gasteiger partial charge on any atom is -0.353 e. The largest absolute Gasteiger partial charge is 0.353 e. The van der Waals surface area contributed by atoms with Gasteiger partial charge in [0.25, 0.3) is 0 Å². The summed E-state index contributed by atoms with van der Waals surface area (Å²) in [7, 11) is 0. The second-order valence-electron chi connectivity index (χ2n) is 7.27. The van der Waals surface area contributed by atoms with Crippen molar-refractivity contribution in [3.05, 3.63) is 42.1 Å². The van der Waals surface area contributed by atoms with Crippen LogP contribution in [0.3, 0.4) is 0 Å². The van der Waals surface area contributed by atoms with Crippen molar-refractivity contribution in [2.75, 3.05) is 31.1 Å². The normalized spacial score (nSPS) is 16.1. The van der Waals surface area contributed by atoms with Crippen molar-refractivity contribution in [2.45, 2.75) is 25.8 Å². The predicted octanol–water partition coefficient (Wildman–Crippen LogP) is 0.363. The highest BCUT2D eigenvalue weighted by Crippen LogP contribution is 2.31. The molecule has 0 atom stereocenters. The average molecular weight is 391 g/mol. The summed E-state index contributed by atoms with van der Waals surface area (Å²) in [6, 6.07) is 3.89. The maximum atomic E-state index is 12.5. The lowest BCUT2D eigenvalue weighted by Crippen LogP contribution is -2.50. The molecule has 1 aliphatic heterocycles.